The van der Waals surface area contributed by atoms with Crippen LogP contribution in [0.5, 0.6) is 0 Å². The van der Waals surface area contributed by atoms with Gasteiger partial charge < -0.3 is 9.88 Å². The molecule has 1 atom stereocenters. The molecule has 1 aliphatic rings. The van der Waals surface area contributed by atoms with E-state index in [1.165, 1.54) is 23.1 Å². The predicted molar refractivity (Wildman–Crippen MR) is 132 cm³/mol. The molecule has 0 aliphatic carbocycles. The van der Waals surface area contributed by atoms with Crippen molar-refractivity contribution in [3.8, 4) is 0 Å². The summed E-state index contributed by atoms with van der Waals surface area (Å²) in [5, 5.41) is 1.01. The number of anilines is 1. The molecule has 176 valence electrons. The van der Waals surface area contributed by atoms with E-state index in [9.17, 15) is 18.8 Å². The Hall–Kier alpha value is -4.26. The number of aromatic nitrogens is 1. The number of hydrogen-bond donors (Lipinski definition) is 1. The van der Waals surface area contributed by atoms with Gasteiger partial charge in [0.2, 0.25) is 5.91 Å². The fraction of sp³-hybridized carbons (Fsp3) is 0.179. The number of nitrogens with zero attached hydrogens (tertiary/aromatic N) is 2. The topological polar surface area (TPSA) is 73.5 Å². The average Bonchev–Trinajstić information content (AvgIpc) is 3.40. The van der Waals surface area contributed by atoms with E-state index in [1.54, 1.807) is 18.2 Å². The fourth-order valence-electron chi connectivity index (χ4n) is 4.59. The fourth-order valence-corrected chi connectivity index (χ4v) is 4.59. The molecular formula is C28H24FN3O3. The Morgan fingerprint density at radius 2 is 1.74 bits per heavy atom. The van der Waals surface area contributed by atoms with Crippen LogP contribution in [0.4, 0.5) is 10.1 Å². The van der Waals surface area contributed by atoms with Gasteiger partial charge in [0.05, 0.1) is 17.7 Å². The number of benzene rings is 3. The molecule has 2 heterocycles. The molecule has 1 N–H and O–H groups in total. The lowest BCUT2D eigenvalue weighted by atomic mass is 10.1. The Bertz CT molecular complexity index is 1430. The van der Waals surface area contributed by atoms with E-state index in [1.807, 2.05) is 49.5 Å². The Kier molecular flexibility index (Phi) is 5.91. The summed E-state index contributed by atoms with van der Waals surface area (Å²) in [6, 6.07) is 19.5. The summed E-state index contributed by atoms with van der Waals surface area (Å²) < 4.78 is 14.5. The quantitative estimate of drug-likeness (QED) is 0.419. The van der Waals surface area contributed by atoms with Crippen LogP contribution < -0.4 is 4.90 Å². The van der Waals surface area contributed by atoms with Gasteiger partial charge in [0.15, 0.2) is 0 Å². The maximum absolute atomic E-state index is 14.5. The molecule has 7 heteroatoms. The minimum atomic E-state index is -1.01. The monoisotopic (exact) mass is 469 g/mol. The Morgan fingerprint density at radius 1 is 1.03 bits per heavy atom. The number of para-hydroxylation sites is 1. The van der Waals surface area contributed by atoms with E-state index in [-0.39, 0.29) is 24.4 Å². The van der Waals surface area contributed by atoms with Gasteiger partial charge in [-0.2, -0.15) is 0 Å². The molecule has 5 rings (SSSR count). The van der Waals surface area contributed by atoms with Gasteiger partial charge >= 0.3 is 0 Å². The van der Waals surface area contributed by atoms with Crippen LogP contribution in [0.3, 0.4) is 0 Å². The maximum Gasteiger partial charge on any atom is 0.257 e. The van der Waals surface area contributed by atoms with Gasteiger partial charge in [-0.3, -0.25) is 14.4 Å². The van der Waals surface area contributed by atoms with Crippen molar-refractivity contribution in [2.45, 2.75) is 25.8 Å². The van der Waals surface area contributed by atoms with Crippen molar-refractivity contribution in [2.75, 3.05) is 11.4 Å². The number of hydrogen-bond acceptors (Lipinski definition) is 3. The number of nitrogens with one attached hydrogen (secondary N) is 1. The second kappa shape index (κ2) is 9.18. The van der Waals surface area contributed by atoms with Crippen LogP contribution in [0, 0.1) is 12.7 Å². The molecule has 1 unspecified atom stereocenters. The zero-order valence-electron chi connectivity index (χ0n) is 19.2. The van der Waals surface area contributed by atoms with Crippen LogP contribution in [0.2, 0.25) is 0 Å². The number of halogens is 1. The number of imide groups is 1. The largest absolute Gasteiger partial charge is 0.361 e. The van der Waals surface area contributed by atoms with Crippen LogP contribution in [0.1, 0.15) is 27.9 Å². The second-order valence-corrected chi connectivity index (χ2v) is 8.71. The number of rotatable bonds is 6. The van der Waals surface area contributed by atoms with Crippen molar-refractivity contribution >= 4 is 34.3 Å². The van der Waals surface area contributed by atoms with Gasteiger partial charge in [0.1, 0.15) is 11.9 Å². The summed E-state index contributed by atoms with van der Waals surface area (Å²) in [5.41, 5.74) is 3.27. The molecule has 0 saturated carbocycles. The van der Waals surface area contributed by atoms with Crippen molar-refractivity contribution < 1.29 is 18.8 Å². The first kappa shape index (κ1) is 22.5. The number of carbonyl (C=O) groups excluding carboxylic acids is 3. The van der Waals surface area contributed by atoms with Gasteiger partial charge in [-0.05, 0) is 49.2 Å². The Morgan fingerprint density at radius 3 is 2.51 bits per heavy atom. The number of H-pyrrole nitrogens is 1. The number of fused-ring (bicyclic) bond motifs is 1. The van der Waals surface area contributed by atoms with Crippen molar-refractivity contribution in [3.63, 3.8) is 0 Å². The molecule has 1 fully saturated rings. The van der Waals surface area contributed by atoms with Crippen molar-refractivity contribution in [2.24, 2.45) is 0 Å². The standard InChI is InChI=1S/C28H24FN3O3/c1-18-10-12-20(13-11-18)32-26(33)16-25(28(32)35)31(27(34)22-7-2-4-8-23(22)29)15-14-19-17-30-24-9-5-3-6-21(19)24/h2-13,17,25,30H,14-16H2,1H3. The molecular weight excluding hydrogens is 445 g/mol. The highest BCUT2D eigenvalue weighted by Crippen LogP contribution is 2.28. The summed E-state index contributed by atoms with van der Waals surface area (Å²) in [4.78, 5) is 45.5. The lowest BCUT2D eigenvalue weighted by molar-refractivity contribution is -0.122. The van der Waals surface area contributed by atoms with Crippen LogP contribution in [-0.2, 0) is 16.0 Å². The van der Waals surface area contributed by atoms with E-state index in [4.69, 9.17) is 0 Å². The van der Waals surface area contributed by atoms with Gasteiger partial charge in [0, 0.05) is 23.6 Å². The van der Waals surface area contributed by atoms with E-state index in [0.717, 1.165) is 26.9 Å². The van der Waals surface area contributed by atoms with Crippen LogP contribution in [0.15, 0.2) is 79.0 Å². The third-order valence-corrected chi connectivity index (χ3v) is 6.45. The molecule has 3 aromatic carbocycles. The summed E-state index contributed by atoms with van der Waals surface area (Å²) in [6.45, 7) is 2.07. The van der Waals surface area contributed by atoms with Crippen LogP contribution >= 0.6 is 0 Å². The number of aromatic amines is 1. The first-order chi connectivity index (χ1) is 16.9. The highest BCUT2D eigenvalue weighted by molar-refractivity contribution is 6.23. The van der Waals surface area contributed by atoms with Gasteiger partial charge in [-0.1, -0.05) is 48.0 Å². The minimum Gasteiger partial charge on any atom is -0.361 e. The van der Waals surface area contributed by atoms with Gasteiger partial charge in [0.25, 0.3) is 11.8 Å². The number of carbonyl (C=O) groups is 3. The van der Waals surface area contributed by atoms with E-state index >= 15 is 0 Å². The van der Waals surface area contributed by atoms with Crippen molar-refractivity contribution in [1.29, 1.82) is 0 Å². The zero-order chi connectivity index (χ0) is 24.5. The predicted octanol–water partition coefficient (Wildman–Crippen LogP) is 4.63. The molecule has 1 saturated heterocycles. The second-order valence-electron chi connectivity index (χ2n) is 8.71. The van der Waals surface area contributed by atoms with Gasteiger partial charge in [-0.15, -0.1) is 0 Å². The number of aryl methyl sites for hydroxylation is 1. The van der Waals surface area contributed by atoms with Crippen LogP contribution in [-0.4, -0.2) is 40.2 Å². The summed E-state index contributed by atoms with van der Waals surface area (Å²) in [6.07, 6.45) is 2.16. The van der Waals surface area contributed by atoms with E-state index in [0.29, 0.717) is 12.1 Å². The van der Waals surface area contributed by atoms with E-state index in [2.05, 4.69) is 4.98 Å². The molecule has 3 amide bonds. The minimum absolute atomic E-state index is 0.125. The van der Waals surface area contributed by atoms with Gasteiger partial charge in [-0.25, -0.2) is 9.29 Å². The normalized spacial score (nSPS) is 15.7. The molecule has 35 heavy (non-hydrogen) atoms. The molecule has 6 nitrogen and oxygen atoms in total. The lowest BCUT2D eigenvalue weighted by Gasteiger charge is -2.28. The number of amides is 3. The molecule has 0 bridgehead atoms. The molecule has 4 aromatic rings. The third kappa shape index (κ3) is 4.21. The summed E-state index contributed by atoms with van der Waals surface area (Å²) in [5.74, 6) is -2.15. The highest BCUT2D eigenvalue weighted by atomic mass is 19.1. The van der Waals surface area contributed by atoms with E-state index < -0.39 is 23.7 Å². The SMILES string of the molecule is Cc1ccc(N2C(=O)CC(N(CCc3c[nH]c4ccccc34)C(=O)c3ccccc3F)C2=O)cc1. The first-order valence-electron chi connectivity index (χ1n) is 11.5. The molecule has 1 aromatic heterocycles. The molecule has 0 spiro atoms. The maximum atomic E-state index is 14.5. The lowest BCUT2D eigenvalue weighted by Crippen LogP contribution is -2.46. The summed E-state index contributed by atoms with van der Waals surface area (Å²) in [7, 11) is 0. The van der Waals surface area contributed by atoms with Crippen LogP contribution in [0.25, 0.3) is 10.9 Å². The average molecular weight is 470 g/mol. The van der Waals surface area contributed by atoms with Crippen molar-refractivity contribution in [3.05, 3.63) is 102 Å². The van der Waals surface area contributed by atoms with Crippen molar-refractivity contribution in [1.82, 2.24) is 9.88 Å². The molecule has 0 radical (unpaired) electrons. The first-order valence-corrected chi connectivity index (χ1v) is 11.5. The Labute approximate surface area is 202 Å². The summed E-state index contributed by atoms with van der Waals surface area (Å²) >= 11 is 0. The zero-order valence-corrected chi connectivity index (χ0v) is 19.2. The highest BCUT2D eigenvalue weighted by Gasteiger charge is 2.44. The smallest absolute Gasteiger partial charge is 0.257 e. The Balaban J connectivity index is 1.47. The molecule has 1 aliphatic heterocycles. The third-order valence-electron chi connectivity index (χ3n) is 6.45.